The lowest BCUT2D eigenvalue weighted by Crippen LogP contribution is -2.27. The number of nitro groups is 1. The number of nitrogens with zero attached hydrogens (tertiary/aromatic N) is 3. The van der Waals surface area contributed by atoms with Gasteiger partial charge in [0.25, 0.3) is 11.6 Å². The predicted octanol–water partition coefficient (Wildman–Crippen LogP) is 1.84. The fourth-order valence-corrected chi connectivity index (χ4v) is 1.92. The van der Waals surface area contributed by atoms with Gasteiger partial charge in [-0.15, -0.1) is 0 Å². The summed E-state index contributed by atoms with van der Waals surface area (Å²) in [6, 6.07) is 10.6. The molecule has 0 atom stereocenters. The molecule has 108 valence electrons. The number of nitrogens with two attached hydrogens (primary N) is 1. The monoisotopic (exact) mass is 286 g/mol. The second-order valence-corrected chi connectivity index (χ2v) is 4.53. The Bertz CT molecular complexity index is 673. The van der Waals surface area contributed by atoms with Crippen molar-refractivity contribution in [1.29, 1.82) is 0 Å². The molecule has 21 heavy (non-hydrogen) atoms. The van der Waals surface area contributed by atoms with Crippen LogP contribution < -0.4 is 5.73 Å². The number of nitrogen functional groups attached to an aromatic ring is 1. The van der Waals surface area contributed by atoms with E-state index in [4.69, 9.17) is 5.73 Å². The first-order chi connectivity index (χ1) is 9.99. The van der Waals surface area contributed by atoms with Gasteiger partial charge in [0, 0.05) is 13.6 Å². The van der Waals surface area contributed by atoms with Crippen molar-refractivity contribution in [3.05, 3.63) is 63.8 Å². The summed E-state index contributed by atoms with van der Waals surface area (Å²) in [7, 11) is 1.58. The summed E-state index contributed by atoms with van der Waals surface area (Å²) in [5.74, 6) is -0.406. The topological polar surface area (TPSA) is 102 Å². The predicted molar refractivity (Wildman–Crippen MR) is 77.5 cm³/mol. The Labute approximate surface area is 121 Å². The van der Waals surface area contributed by atoms with Crippen LogP contribution in [0.25, 0.3) is 0 Å². The Kier molecular flexibility index (Phi) is 4.13. The molecule has 2 rings (SSSR count). The maximum absolute atomic E-state index is 12.4. The van der Waals surface area contributed by atoms with Crippen LogP contribution in [-0.2, 0) is 6.54 Å². The fourth-order valence-electron chi connectivity index (χ4n) is 1.92. The van der Waals surface area contributed by atoms with Gasteiger partial charge in [0.15, 0.2) is 0 Å². The third kappa shape index (κ3) is 3.33. The number of aromatic nitrogens is 1. The normalized spacial score (nSPS) is 10.1. The summed E-state index contributed by atoms with van der Waals surface area (Å²) in [5.41, 5.74) is 6.03. The Hall–Kier alpha value is -2.96. The van der Waals surface area contributed by atoms with E-state index < -0.39 is 10.8 Å². The molecule has 0 saturated carbocycles. The third-order valence-corrected chi connectivity index (χ3v) is 2.94. The number of carbonyl (C=O) groups is 1. The number of rotatable bonds is 4. The SMILES string of the molecule is CN(Cc1ccccc1)C(=O)c1cc(N)ncc1[N+](=O)[O-]. The standard InChI is InChI=1S/C14H14N4O3/c1-17(9-10-5-3-2-4-6-10)14(19)11-7-13(15)16-8-12(11)18(20)21/h2-8H,9H2,1H3,(H2,15,16). The smallest absolute Gasteiger partial charge is 0.300 e. The molecule has 1 aromatic carbocycles. The molecule has 0 unspecified atom stereocenters. The molecule has 1 aromatic heterocycles. The molecule has 0 aliphatic heterocycles. The van der Waals surface area contributed by atoms with Crippen LogP contribution in [0, 0.1) is 10.1 Å². The Balaban J connectivity index is 2.27. The number of benzene rings is 1. The van der Waals surface area contributed by atoms with Gasteiger partial charge < -0.3 is 10.6 Å². The zero-order valence-corrected chi connectivity index (χ0v) is 11.4. The fraction of sp³-hybridized carbons (Fsp3) is 0.143. The number of carbonyl (C=O) groups excluding carboxylic acids is 1. The van der Waals surface area contributed by atoms with Gasteiger partial charge in [-0.3, -0.25) is 14.9 Å². The van der Waals surface area contributed by atoms with Gasteiger partial charge in [-0.05, 0) is 11.6 Å². The molecule has 0 aliphatic carbocycles. The minimum atomic E-state index is -0.643. The van der Waals surface area contributed by atoms with Crippen molar-refractivity contribution in [3.8, 4) is 0 Å². The van der Waals surface area contributed by atoms with E-state index >= 15 is 0 Å². The van der Waals surface area contributed by atoms with Crippen molar-refractivity contribution in [2.24, 2.45) is 0 Å². The quantitative estimate of drug-likeness (QED) is 0.682. The molecule has 7 heteroatoms. The van der Waals surface area contributed by atoms with Crippen LogP contribution in [0.15, 0.2) is 42.6 Å². The highest BCUT2D eigenvalue weighted by Gasteiger charge is 2.23. The number of pyridine rings is 1. The number of amides is 1. The maximum atomic E-state index is 12.4. The second-order valence-electron chi connectivity index (χ2n) is 4.53. The van der Waals surface area contributed by atoms with E-state index in [2.05, 4.69) is 4.98 Å². The Morgan fingerprint density at radius 3 is 2.67 bits per heavy atom. The minimum absolute atomic E-state index is 0.0640. The van der Waals surface area contributed by atoms with E-state index in [9.17, 15) is 14.9 Å². The highest BCUT2D eigenvalue weighted by Crippen LogP contribution is 2.21. The van der Waals surface area contributed by atoms with Crippen LogP contribution in [0.2, 0.25) is 0 Å². The molecule has 1 heterocycles. The Morgan fingerprint density at radius 2 is 2.05 bits per heavy atom. The highest BCUT2D eigenvalue weighted by atomic mass is 16.6. The summed E-state index contributed by atoms with van der Waals surface area (Å²) in [5, 5.41) is 11.0. The maximum Gasteiger partial charge on any atom is 0.300 e. The summed E-state index contributed by atoms with van der Waals surface area (Å²) < 4.78 is 0. The van der Waals surface area contributed by atoms with Crippen LogP contribution in [0.5, 0.6) is 0 Å². The molecule has 7 nitrogen and oxygen atoms in total. The molecule has 2 aromatic rings. The second kappa shape index (κ2) is 6.00. The van der Waals surface area contributed by atoms with Crippen molar-refractivity contribution >= 4 is 17.4 Å². The number of anilines is 1. The lowest BCUT2D eigenvalue weighted by atomic mass is 10.1. The van der Waals surface area contributed by atoms with Gasteiger partial charge in [-0.25, -0.2) is 4.98 Å². The van der Waals surface area contributed by atoms with Crippen LogP contribution in [-0.4, -0.2) is 27.8 Å². The zero-order valence-electron chi connectivity index (χ0n) is 11.4. The van der Waals surface area contributed by atoms with Crippen LogP contribution in [0.1, 0.15) is 15.9 Å². The molecular weight excluding hydrogens is 272 g/mol. The average Bonchev–Trinajstić information content (AvgIpc) is 2.47. The minimum Gasteiger partial charge on any atom is -0.384 e. The van der Waals surface area contributed by atoms with Gasteiger partial charge >= 0.3 is 0 Å². The lowest BCUT2D eigenvalue weighted by molar-refractivity contribution is -0.385. The zero-order chi connectivity index (χ0) is 15.4. The van der Waals surface area contributed by atoms with E-state index in [1.807, 2.05) is 30.3 Å². The van der Waals surface area contributed by atoms with Gasteiger partial charge in [-0.1, -0.05) is 30.3 Å². The summed E-state index contributed by atoms with van der Waals surface area (Å²) >= 11 is 0. The molecule has 0 spiro atoms. The van der Waals surface area contributed by atoms with Gasteiger partial charge in [0.1, 0.15) is 17.6 Å². The summed E-state index contributed by atoms with van der Waals surface area (Å²) in [6.45, 7) is 0.346. The van der Waals surface area contributed by atoms with E-state index in [0.29, 0.717) is 6.54 Å². The van der Waals surface area contributed by atoms with E-state index in [1.54, 1.807) is 7.05 Å². The van der Waals surface area contributed by atoms with Crippen LogP contribution in [0.3, 0.4) is 0 Å². The van der Waals surface area contributed by atoms with Crippen molar-refractivity contribution in [2.75, 3.05) is 12.8 Å². The largest absolute Gasteiger partial charge is 0.384 e. The first-order valence-corrected chi connectivity index (χ1v) is 6.18. The highest BCUT2D eigenvalue weighted by molar-refractivity contribution is 5.98. The molecule has 0 radical (unpaired) electrons. The van der Waals surface area contributed by atoms with Gasteiger partial charge in [0.2, 0.25) is 0 Å². The molecule has 0 saturated heterocycles. The van der Waals surface area contributed by atoms with Crippen molar-refractivity contribution in [1.82, 2.24) is 9.88 Å². The Morgan fingerprint density at radius 1 is 1.38 bits per heavy atom. The summed E-state index contributed by atoms with van der Waals surface area (Å²) in [6.07, 6.45) is 0.999. The lowest BCUT2D eigenvalue weighted by Gasteiger charge is -2.17. The third-order valence-electron chi connectivity index (χ3n) is 2.94. The number of hydrogen-bond donors (Lipinski definition) is 1. The van der Waals surface area contributed by atoms with E-state index in [-0.39, 0.29) is 17.1 Å². The van der Waals surface area contributed by atoms with E-state index in [0.717, 1.165) is 11.8 Å². The van der Waals surface area contributed by atoms with Crippen LogP contribution >= 0.6 is 0 Å². The first kappa shape index (κ1) is 14.4. The average molecular weight is 286 g/mol. The molecule has 2 N–H and O–H groups in total. The molecule has 1 amide bonds. The van der Waals surface area contributed by atoms with Crippen molar-refractivity contribution in [2.45, 2.75) is 6.54 Å². The summed E-state index contributed by atoms with van der Waals surface area (Å²) in [4.78, 5) is 27.7. The molecular formula is C14H14N4O3. The van der Waals surface area contributed by atoms with Crippen molar-refractivity contribution < 1.29 is 9.72 Å². The van der Waals surface area contributed by atoms with Gasteiger partial charge in [0.05, 0.1) is 4.92 Å². The van der Waals surface area contributed by atoms with Crippen molar-refractivity contribution in [3.63, 3.8) is 0 Å². The molecule has 0 fully saturated rings. The number of hydrogen-bond acceptors (Lipinski definition) is 5. The molecule has 0 aliphatic rings. The van der Waals surface area contributed by atoms with E-state index in [1.165, 1.54) is 11.0 Å². The molecule has 0 bridgehead atoms. The first-order valence-electron chi connectivity index (χ1n) is 6.18. The van der Waals surface area contributed by atoms with Crippen LogP contribution in [0.4, 0.5) is 11.5 Å². The van der Waals surface area contributed by atoms with Gasteiger partial charge in [-0.2, -0.15) is 0 Å².